The van der Waals surface area contributed by atoms with Crippen LogP contribution in [0.25, 0.3) is 0 Å². The number of carbonyl (C=O) groups is 2. The summed E-state index contributed by atoms with van der Waals surface area (Å²) in [7, 11) is 1.68. The Morgan fingerprint density at radius 1 is 1.12 bits per heavy atom. The Morgan fingerprint density at radius 3 is 2.16 bits per heavy atom. The normalized spacial score (nSPS) is 18.4. The maximum absolute atomic E-state index is 12.4. The molecule has 2 amide bonds. The summed E-state index contributed by atoms with van der Waals surface area (Å²) >= 11 is 0. The molecule has 5 heteroatoms. The number of carbonyl (C=O) groups excluding carboxylic acids is 2. The maximum Gasteiger partial charge on any atom is 0.414 e. The van der Waals surface area contributed by atoms with Crippen LogP contribution in [-0.4, -0.2) is 30.7 Å². The van der Waals surface area contributed by atoms with E-state index >= 15 is 0 Å². The van der Waals surface area contributed by atoms with Gasteiger partial charge in [0.1, 0.15) is 5.60 Å². The molecule has 1 aliphatic heterocycles. The predicted molar refractivity (Wildman–Crippen MR) is 101 cm³/mol. The lowest BCUT2D eigenvalue weighted by Crippen LogP contribution is -2.41. The summed E-state index contributed by atoms with van der Waals surface area (Å²) in [5.74, 6) is 0.160. The molecule has 0 bridgehead atoms. The van der Waals surface area contributed by atoms with E-state index in [-0.39, 0.29) is 17.4 Å². The van der Waals surface area contributed by atoms with E-state index in [4.69, 9.17) is 4.74 Å². The van der Waals surface area contributed by atoms with E-state index in [1.165, 1.54) is 4.90 Å². The number of nitrogens with zero attached hydrogens (tertiary/aromatic N) is 2. The SMILES string of the molecule is CN(C(=O)OC(C)(C)C)c1ccc(N2C(=O)CCC2C(C)(C)C)cc1. The smallest absolute Gasteiger partial charge is 0.414 e. The van der Waals surface area contributed by atoms with Gasteiger partial charge in [-0.2, -0.15) is 0 Å². The van der Waals surface area contributed by atoms with Crippen LogP contribution in [0.15, 0.2) is 24.3 Å². The third-order valence-electron chi connectivity index (χ3n) is 4.39. The first kappa shape index (κ1) is 19.3. The fraction of sp³-hybridized carbons (Fsp3) is 0.600. The van der Waals surface area contributed by atoms with Gasteiger partial charge in [0, 0.05) is 30.9 Å². The number of rotatable bonds is 2. The van der Waals surface area contributed by atoms with Crippen molar-refractivity contribution in [3.8, 4) is 0 Å². The van der Waals surface area contributed by atoms with Gasteiger partial charge in [0.25, 0.3) is 0 Å². The van der Waals surface area contributed by atoms with Gasteiger partial charge >= 0.3 is 6.09 Å². The summed E-state index contributed by atoms with van der Waals surface area (Å²) in [6, 6.07) is 7.69. The molecule has 2 rings (SSSR count). The van der Waals surface area contributed by atoms with Crippen LogP contribution in [0.3, 0.4) is 0 Å². The molecule has 0 spiro atoms. The molecule has 1 heterocycles. The third kappa shape index (κ3) is 4.53. The van der Waals surface area contributed by atoms with Gasteiger partial charge in [-0.15, -0.1) is 0 Å². The average Bonchev–Trinajstić information content (AvgIpc) is 2.87. The molecule has 0 saturated carbocycles. The Balaban J connectivity index is 2.19. The lowest BCUT2D eigenvalue weighted by atomic mass is 9.85. The molecule has 1 aromatic carbocycles. The highest BCUT2D eigenvalue weighted by atomic mass is 16.6. The van der Waals surface area contributed by atoms with E-state index < -0.39 is 11.7 Å². The van der Waals surface area contributed by atoms with Crippen LogP contribution in [0.4, 0.5) is 16.2 Å². The second kappa shape index (κ2) is 6.70. The number of benzene rings is 1. The summed E-state index contributed by atoms with van der Waals surface area (Å²) in [6.45, 7) is 12.0. The van der Waals surface area contributed by atoms with Gasteiger partial charge in [-0.3, -0.25) is 9.69 Å². The van der Waals surface area contributed by atoms with Gasteiger partial charge in [-0.25, -0.2) is 4.79 Å². The minimum atomic E-state index is -0.535. The van der Waals surface area contributed by atoms with E-state index in [0.29, 0.717) is 6.42 Å². The van der Waals surface area contributed by atoms with Crippen molar-refractivity contribution >= 4 is 23.4 Å². The van der Waals surface area contributed by atoms with E-state index in [0.717, 1.165) is 17.8 Å². The maximum atomic E-state index is 12.4. The van der Waals surface area contributed by atoms with Crippen molar-refractivity contribution in [1.29, 1.82) is 0 Å². The highest BCUT2D eigenvalue weighted by molar-refractivity contribution is 5.97. The molecule has 1 aliphatic rings. The molecule has 1 saturated heterocycles. The molecule has 138 valence electrons. The first-order chi connectivity index (χ1) is 11.4. The first-order valence-corrected chi connectivity index (χ1v) is 8.79. The number of ether oxygens (including phenoxy) is 1. The predicted octanol–water partition coefficient (Wildman–Crippen LogP) is 4.60. The number of hydrogen-bond donors (Lipinski definition) is 0. The Bertz CT molecular complexity index is 638. The van der Waals surface area contributed by atoms with Gasteiger partial charge < -0.3 is 9.64 Å². The first-order valence-electron chi connectivity index (χ1n) is 8.79. The highest BCUT2D eigenvalue weighted by Gasteiger charge is 2.39. The largest absolute Gasteiger partial charge is 0.443 e. The highest BCUT2D eigenvalue weighted by Crippen LogP contribution is 2.37. The minimum Gasteiger partial charge on any atom is -0.443 e. The van der Waals surface area contributed by atoms with Gasteiger partial charge in [0.05, 0.1) is 0 Å². The zero-order valence-corrected chi connectivity index (χ0v) is 16.4. The zero-order chi connectivity index (χ0) is 19.0. The Morgan fingerprint density at radius 2 is 1.68 bits per heavy atom. The molecule has 0 N–H and O–H groups in total. The topological polar surface area (TPSA) is 49.9 Å². The van der Waals surface area contributed by atoms with Crippen molar-refractivity contribution in [2.24, 2.45) is 5.41 Å². The summed E-state index contributed by atoms with van der Waals surface area (Å²) < 4.78 is 5.39. The van der Waals surface area contributed by atoms with Crippen molar-refractivity contribution in [2.75, 3.05) is 16.8 Å². The zero-order valence-electron chi connectivity index (χ0n) is 16.4. The monoisotopic (exact) mass is 346 g/mol. The van der Waals surface area contributed by atoms with Crippen molar-refractivity contribution in [2.45, 2.75) is 66.0 Å². The van der Waals surface area contributed by atoms with Crippen LogP contribution in [0.2, 0.25) is 0 Å². The minimum absolute atomic E-state index is 0.0259. The van der Waals surface area contributed by atoms with Crippen LogP contribution in [0.1, 0.15) is 54.4 Å². The van der Waals surface area contributed by atoms with Crippen molar-refractivity contribution in [1.82, 2.24) is 0 Å². The van der Waals surface area contributed by atoms with Gasteiger partial charge in [0.15, 0.2) is 0 Å². The Labute approximate surface area is 150 Å². The van der Waals surface area contributed by atoms with Crippen molar-refractivity contribution < 1.29 is 14.3 Å². The summed E-state index contributed by atoms with van der Waals surface area (Å²) in [5.41, 5.74) is 1.10. The molecule has 25 heavy (non-hydrogen) atoms. The molecule has 1 unspecified atom stereocenters. The summed E-state index contributed by atoms with van der Waals surface area (Å²) in [5, 5.41) is 0. The third-order valence-corrected chi connectivity index (χ3v) is 4.39. The molecule has 1 fully saturated rings. The number of hydrogen-bond acceptors (Lipinski definition) is 3. The molecular formula is C20H30N2O3. The molecule has 0 aliphatic carbocycles. The van der Waals surface area contributed by atoms with Crippen LogP contribution in [-0.2, 0) is 9.53 Å². The standard InChI is InChI=1S/C20H30N2O3/c1-19(2,3)16-12-13-17(23)22(16)15-10-8-14(9-11-15)21(7)18(24)25-20(4,5)6/h8-11,16H,12-13H2,1-7H3. The molecule has 1 aromatic rings. The second-order valence-electron chi connectivity index (χ2n) is 8.74. The van der Waals surface area contributed by atoms with Crippen LogP contribution >= 0.6 is 0 Å². The van der Waals surface area contributed by atoms with Crippen molar-refractivity contribution in [3.63, 3.8) is 0 Å². The lowest BCUT2D eigenvalue weighted by molar-refractivity contribution is -0.117. The second-order valence-corrected chi connectivity index (χ2v) is 8.74. The van der Waals surface area contributed by atoms with Crippen LogP contribution < -0.4 is 9.80 Å². The summed E-state index contributed by atoms with van der Waals surface area (Å²) in [4.78, 5) is 27.9. The quantitative estimate of drug-likeness (QED) is 0.786. The molecule has 0 radical (unpaired) electrons. The molecule has 5 nitrogen and oxygen atoms in total. The van der Waals surface area contributed by atoms with Crippen LogP contribution in [0.5, 0.6) is 0 Å². The molecular weight excluding hydrogens is 316 g/mol. The lowest BCUT2D eigenvalue weighted by Gasteiger charge is -2.35. The van der Waals surface area contributed by atoms with E-state index in [2.05, 4.69) is 20.8 Å². The van der Waals surface area contributed by atoms with Crippen molar-refractivity contribution in [3.05, 3.63) is 24.3 Å². The Hall–Kier alpha value is -2.04. The number of anilines is 2. The summed E-state index contributed by atoms with van der Waals surface area (Å²) in [6.07, 6.45) is 1.06. The molecule has 0 aromatic heterocycles. The van der Waals surface area contributed by atoms with Gasteiger partial charge in [-0.05, 0) is 56.9 Å². The van der Waals surface area contributed by atoms with E-state index in [1.807, 2.05) is 49.9 Å². The number of amides is 2. The fourth-order valence-corrected chi connectivity index (χ4v) is 3.10. The molecule has 1 atom stereocenters. The van der Waals surface area contributed by atoms with Gasteiger partial charge in [-0.1, -0.05) is 20.8 Å². The Kier molecular flexibility index (Phi) is 5.17. The van der Waals surface area contributed by atoms with E-state index in [1.54, 1.807) is 7.05 Å². The average molecular weight is 346 g/mol. The van der Waals surface area contributed by atoms with Crippen LogP contribution in [0, 0.1) is 5.41 Å². The van der Waals surface area contributed by atoms with E-state index in [9.17, 15) is 9.59 Å². The van der Waals surface area contributed by atoms with Gasteiger partial charge in [0.2, 0.25) is 5.91 Å². The fourth-order valence-electron chi connectivity index (χ4n) is 3.10.